The molecule has 2 bridgehead atoms. The maximum Gasteiger partial charge on any atom is 0.0408 e. The van der Waals surface area contributed by atoms with Gasteiger partial charge in [0.05, 0.1) is 0 Å². The van der Waals surface area contributed by atoms with Crippen LogP contribution in [0.25, 0.3) is 0 Å². The van der Waals surface area contributed by atoms with Crippen LogP contribution < -0.4 is 0 Å². The minimum absolute atomic E-state index is 0.366. The van der Waals surface area contributed by atoms with E-state index in [1.807, 2.05) is 12.1 Å². The fourth-order valence-corrected chi connectivity index (χ4v) is 5.36. The van der Waals surface area contributed by atoms with E-state index < -0.39 is 0 Å². The first-order valence-electron chi connectivity index (χ1n) is 9.33. The first-order chi connectivity index (χ1) is 12.1. The van der Waals surface area contributed by atoms with Gasteiger partial charge in [-0.3, -0.25) is 0 Å². The van der Waals surface area contributed by atoms with E-state index in [0.717, 1.165) is 28.0 Å². The highest BCUT2D eigenvalue weighted by molar-refractivity contribution is 6.31. The van der Waals surface area contributed by atoms with Crippen LogP contribution in [0.4, 0.5) is 0 Å². The van der Waals surface area contributed by atoms with Gasteiger partial charge >= 0.3 is 0 Å². The Bertz CT molecular complexity index is 685. The van der Waals surface area contributed by atoms with Crippen molar-refractivity contribution >= 4 is 23.2 Å². The van der Waals surface area contributed by atoms with E-state index in [1.54, 1.807) is 0 Å². The van der Waals surface area contributed by atoms with Crippen LogP contribution in [-0.4, -0.2) is 24.0 Å². The topological polar surface area (TPSA) is 3.24 Å². The van der Waals surface area contributed by atoms with Gasteiger partial charge in [0.25, 0.3) is 0 Å². The fourth-order valence-electron chi connectivity index (χ4n) is 4.96. The molecule has 0 aromatic heterocycles. The molecule has 3 heteroatoms. The summed E-state index contributed by atoms with van der Waals surface area (Å²) in [6, 6.07) is 18.3. The molecule has 2 aromatic rings. The Hall–Kier alpha value is -1.02. The molecular weight excluding hydrogens is 349 g/mol. The molecule has 3 atom stereocenters. The summed E-state index contributed by atoms with van der Waals surface area (Å²) in [6.07, 6.45) is 6.57. The van der Waals surface area contributed by atoms with Crippen LogP contribution in [0.2, 0.25) is 10.0 Å². The lowest BCUT2D eigenvalue weighted by atomic mass is 9.78. The largest absolute Gasteiger partial charge is 0.300 e. The molecule has 0 spiro atoms. The minimum atomic E-state index is 0.366. The maximum absolute atomic E-state index is 6.29. The van der Waals surface area contributed by atoms with Crippen molar-refractivity contribution in [2.24, 2.45) is 5.92 Å². The highest BCUT2D eigenvalue weighted by atomic mass is 35.5. The molecule has 25 heavy (non-hydrogen) atoms. The molecule has 132 valence electrons. The number of halogens is 2. The Kier molecular flexibility index (Phi) is 5.08. The van der Waals surface area contributed by atoms with Crippen molar-refractivity contribution in [2.75, 3.05) is 7.05 Å². The van der Waals surface area contributed by atoms with Crippen LogP contribution in [0.5, 0.6) is 0 Å². The first-order valence-corrected chi connectivity index (χ1v) is 10.1. The van der Waals surface area contributed by atoms with Crippen LogP contribution >= 0.6 is 23.2 Å². The average Bonchev–Trinajstić information content (AvgIpc) is 2.81. The van der Waals surface area contributed by atoms with Crippen molar-refractivity contribution in [3.8, 4) is 0 Å². The van der Waals surface area contributed by atoms with Gasteiger partial charge in [-0.1, -0.05) is 47.5 Å². The third-order valence-electron chi connectivity index (χ3n) is 6.27. The summed E-state index contributed by atoms with van der Waals surface area (Å²) in [5.74, 6) is 1.14. The Morgan fingerprint density at radius 1 is 0.920 bits per heavy atom. The van der Waals surface area contributed by atoms with E-state index in [4.69, 9.17) is 23.2 Å². The van der Waals surface area contributed by atoms with Gasteiger partial charge in [0, 0.05) is 28.0 Å². The molecule has 2 heterocycles. The molecule has 2 aliphatic heterocycles. The zero-order valence-electron chi connectivity index (χ0n) is 14.7. The third-order valence-corrected chi connectivity index (χ3v) is 6.74. The monoisotopic (exact) mass is 373 g/mol. The molecule has 0 saturated carbocycles. The van der Waals surface area contributed by atoms with E-state index in [9.17, 15) is 0 Å². The summed E-state index contributed by atoms with van der Waals surface area (Å²) in [5.41, 5.74) is 2.61. The number of hydrogen-bond acceptors (Lipinski definition) is 1. The van der Waals surface area contributed by atoms with Crippen LogP contribution in [0.15, 0.2) is 48.5 Å². The molecule has 0 N–H and O–H groups in total. The number of benzene rings is 2. The normalized spacial score (nSPS) is 26.3. The summed E-state index contributed by atoms with van der Waals surface area (Å²) >= 11 is 12.6. The van der Waals surface area contributed by atoms with Gasteiger partial charge in [0.2, 0.25) is 0 Å². The molecule has 2 aromatic carbocycles. The van der Waals surface area contributed by atoms with E-state index >= 15 is 0 Å². The van der Waals surface area contributed by atoms with Crippen molar-refractivity contribution in [2.45, 2.75) is 50.1 Å². The molecular formula is C22H25Cl2N. The van der Waals surface area contributed by atoms with Crippen LogP contribution in [0.1, 0.15) is 49.1 Å². The highest BCUT2D eigenvalue weighted by Gasteiger charge is 2.39. The third kappa shape index (κ3) is 3.74. The number of piperidine rings is 1. The number of fused-ring (bicyclic) bond motifs is 2. The van der Waals surface area contributed by atoms with Crippen molar-refractivity contribution in [3.63, 3.8) is 0 Å². The van der Waals surface area contributed by atoms with Gasteiger partial charge < -0.3 is 4.90 Å². The Morgan fingerprint density at radius 3 is 1.92 bits per heavy atom. The Morgan fingerprint density at radius 2 is 1.44 bits per heavy atom. The SMILES string of the molecule is CN1[C@@H]2CC[C@H]1C[C@@H](CC(c1cccc(Cl)c1)c1cccc(Cl)c1)C2. The zero-order valence-corrected chi connectivity index (χ0v) is 16.2. The van der Waals surface area contributed by atoms with Crippen molar-refractivity contribution < 1.29 is 0 Å². The number of hydrogen-bond donors (Lipinski definition) is 0. The van der Waals surface area contributed by atoms with Gasteiger partial charge in [-0.2, -0.15) is 0 Å². The van der Waals surface area contributed by atoms with Gasteiger partial charge in [-0.25, -0.2) is 0 Å². The summed E-state index contributed by atoms with van der Waals surface area (Å²) < 4.78 is 0. The first kappa shape index (κ1) is 17.4. The summed E-state index contributed by atoms with van der Waals surface area (Å²) in [5, 5.41) is 1.63. The smallest absolute Gasteiger partial charge is 0.0408 e. The summed E-state index contributed by atoms with van der Waals surface area (Å²) in [6.45, 7) is 0. The molecule has 2 aliphatic rings. The average molecular weight is 374 g/mol. The summed E-state index contributed by atoms with van der Waals surface area (Å²) in [4.78, 5) is 2.62. The lowest BCUT2D eigenvalue weighted by Crippen LogP contribution is -2.40. The molecule has 1 nitrogen and oxygen atoms in total. The Balaban J connectivity index is 1.62. The zero-order chi connectivity index (χ0) is 17.4. The summed E-state index contributed by atoms with van der Waals surface area (Å²) in [7, 11) is 2.31. The maximum atomic E-state index is 6.29. The second-order valence-electron chi connectivity index (χ2n) is 7.79. The van der Waals surface area contributed by atoms with E-state index in [-0.39, 0.29) is 0 Å². The number of rotatable bonds is 4. The van der Waals surface area contributed by atoms with E-state index in [0.29, 0.717) is 5.92 Å². The van der Waals surface area contributed by atoms with Gasteiger partial charge in [0.15, 0.2) is 0 Å². The van der Waals surface area contributed by atoms with Crippen molar-refractivity contribution in [3.05, 3.63) is 69.7 Å². The predicted molar refractivity (Wildman–Crippen MR) is 107 cm³/mol. The molecule has 0 radical (unpaired) electrons. The second kappa shape index (κ2) is 7.31. The molecule has 4 rings (SSSR count). The standard InChI is InChI=1S/C22H25Cl2N/c1-25-20-8-9-21(25)11-15(10-20)12-22(16-4-2-6-18(23)13-16)17-5-3-7-19(24)14-17/h2-7,13-15,20-22H,8-12H2,1H3/t15-,20+,21-. The number of nitrogens with zero attached hydrogens (tertiary/aromatic N) is 1. The lowest BCUT2D eigenvalue weighted by Gasteiger charge is -2.38. The van der Waals surface area contributed by atoms with Crippen molar-refractivity contribution in [1.29, 1.82) is 0 Å². The fraction of sp³-hybridized carbons (Fsp3) is 0.455. The molecule has 0 amide bonds. The van der Waals surface area contributed by atoms with Gasteiger partial charge in [-0.05, 0) is 80.5 Å². The Labute approximate surface area is 160 Å². The second-order valence-corrected chi connectivity index (χ2v) is 8.66. The molecule has 0 aliphatic carbocycles. The molecule has 2 fully saturated rings. The van der Waals surface area contributed by atoms with Gasteiger partial charge in [0.1, 0.15) is 0 Å². The van der Waals surface area contributed by atoms with E-state index in [2.05, 4.69) is 48.3 Å². The predicted octanol–water partition coefficient (Wildman–Crippen LogP) is 6.39. The van der Waals surface area contributed by atoms with Crippen LogP contribution in [0.3, 0.4) is 0 Å². The van der Waals surface area contributed by atoms with Gasteiger partial charge in [-0.15, -0.1) is 0 Å². The molecule has 0 unspecified atom stereocenters. The van der Waals surface area contributed by atoms with E-state index in [1.165, 1.54) is 43.2 Å². The lowest BCUT2D eigenvalue weighted by molar-refractivity contribution is 0.127. The van der Waals surface area contributed by atoms with Crippen LogP contribution in [0, 0.1) is 5.92 Å². The highest BCUT2D eigenvalue weighted by Crippen LogP contribution is 2.43. The quantitative estimate of drug-likeness (QED) is 0.599. The van der Waals surface area contributed by atoms with Crippen molar-refractivity contribution in [1.82, 2.24) is 4.90 Å². The minimum Gasteiger partial charge on any atom is -0.300 e. The van der Waals surface area contributed by atoms with Crippen LogP contribution in [-0.2, 0) is 0 Å². The molecule has 2 saturated heterocycles.